The average molecular weight is 264 g/mol. The van der Waals surface area contributed by atoms with Gasteiger partial charge in [0.2, 0.25) is 0 Å². The number of aryl methyl sites for hydroxylation is 1. The van der Waals surface area contributed by atoms with Gasteiger partial charge in [-0.1, -0.05) is 24.4 Å². The Balaban J connectivity index is 2.48. The van der Waals surface area contributed by atoms with Gasteiger partial charge in [-0.3, -0.25) is 9.59 Å². The Labute approximate surface area is 110 Å². The van der Waals surface area contributed by atoms with Crippen LogP contribution in [0.2, 0.25) is 0 Å². The number of hydrogen-bond acceptors (Lipinski definition) is 4. The molecule has 0 atom stereocenters. The van der Waals surface area contributed by atoms with Gasteiger partial charge in [0.15, 0.2) is 0 Å². The summed E-state index contributed by atoms with van der Waals surface area (Å²) in [5.74, 6) is -0.760. The number of thiocarbonyl (C=S) groups is 1. The molecule has 2 N–H and O–H groups in total. The molecule has 1 saturated heterocycles. The molecule has 0 radical (unpaired) electrons. The van der Waals surface area contributed by atoms with Crippen LogP contribution >= 0.6 is 12.2 Å². The summed E-state index contributed by atoms with van der Waals surface area (Å²) in [7, 11) is 0. The summed E-state index contributed by atoms with van der Waals surface area (Å²) in [6.45, 7) is 1.62. The average Bonchev–Trinajstić information content (AvgIpc) is 2.30. The molecule has 0 spiro atoms. The minimum absolute atomic E-state index is 0.0948. The van der Waals surface area contributed by atoms with E-state index < -0.39 is 0 Å². The van der Waals surface area contributed by atoms with Crippen molar-refractivity contribution >= 4 is 34.7 Å². The standard InChI is InChI=1S/C12H12N2O3S/c1-7-2-3-8(12(13)18)4-9(7)14-10(15)5-17-6-11(14)16/h2-4H,5-6H2,1H3,(H2,13,18). The number of nitrogens with zero attached hydrogens (tertiary/aromatic N) is 1. The molecule has 1 aromatic carbocycles. The molecule has 0 aromatic heterocycles. The van der Waals surface area contributed by atoms with Gasteiger partial charge in [0.25, 0.3) is 11.8 Å². The van der Waals surface area contributed by atoms with Crippen molar-refractivity contribution in [3.63, 3.8) is 0 Å². The van der Waals surface area contributed by atoms with Crippen LogP contribution in [0.1, 0.15) is 11.1 Å². The molecule has 1 fully saturated rings. The van der Waals surface area contributed by atoms with E-state index in [2.05, 4.69) is 0 Å². The van der Waals surface area contributed by atoms with Crippen molar-refractivity contribution in [2.24, 2.45) is 5.73 Å². The summed E-state index contributed by atoms with van der Waals surface area (Å²) in [5.41, 5.74) is 7.49. The lowest BCUT2D eigenvalue weighted by Crippen LogP contribution is -2.46. The Morgan fingerprint density at radius 2 is 1.94 bits per heavy atom. The third-order valence-corrected chi connectivity index (χ3v) is 2.92. The highest BCUT2D eigenvalue weighted by atomic mass is 32.1. The summed E-state index contributed by atoms with van der Waals surface area (Å²) >= 11 is 4.89. The molecule has 1 heterocycles. The summed E-state index contributed by atoms with van der Waals surface area (Å²) in [5, 5.41) is 0. The van der Waals surface area contributed by atoms with E-state index in [9.17, 15) is 9.59 Å². The van der Waals surface area contributed by atoms with Crippen LogP contribution in [-0.2, 0) is 14.3 Å². The Bertz CT molecular complexity index is 526. The number of anilines is 1. The van der Waals surface area contributed by atoms with Gasteiger partial charge in [0, 0.05) is 5.56 Å². The molecule has 18 heavy (non-hydrogen) atoms. The number of ether oxygens (including phenoxy) is 1. The zero-order valence-corrected chi connectivity index (χ0v) is 10.6. The van der Waals surface area contributed by atoms with Gasteiger partial charge in [-0.2, -0.15) is 0 Å². The molecule has 0 saturated carbocycles. The van der Waals surface area contributed by atoms with Crippen molar-refractivity contribution in [3.05, 3.63) is 29.3 Å². The number of carbonyl (C=O) groups excluding carboxylic acids is 2. The molecule has 1 aliphatic rings. The fraction of sp³-hybridized carbons (Fsp3) is 0.250. The highest BCUT2D eigenvalue weighted by molar-refractivity contribution is 7.80. The van der Waals surface area contributed by atoms with Crippen LogP contribution in [-0.4, -0.2) is 30.0 Å². The quantitative estimate of drug-likeness (QED) is 0.622. The highest BCUT2D eigenvalue weighted by Gasteiger charge is 2.29. The second-order valence-electron chi connectivity index (χ2n) is 3.98. The number of imide groups is 1. The fourth-order valence-corrected chi connectivity index (χ4v) is 1.89. The minimum Gasteiger partial charge on any atom is -0.389 e. The summed E-state index contributed by atoms with van der Waals surface area (Å²) < 4.78 is 4.87. The molecule has 2 amide bonds. The van der Waals surface area contributed by atoms with E-state index in [-0.39, 0.29) is 30.0 Å². The minimum atomic E-state index is -0.380. The third kappa shape index (κ3) is 2.25. The monoisotopic (exact) mass is 264 g/mol. The topological polar surface area (TPSA) is 72.6 Å². The first-order chi connectivity index (χ1) is 8.50. The Morgan fingerprint density at radius 1 is 1.33 bits per heavy atom. The molecule has 94 valence electrons. The van der Waals surface area contributed by atoms with E-state index in [1.165, 1.54) is 0 Å². The zero-order chi connectivity index (χ0) is 13.3. The van der Waals surface area contributed by atoms with E-state index in [1.54, 1.807) is 18.2 Å². The Morgan fingerprint density at radius 3 is 2.50 bits per heavy atom. The van der Waals surface area contributed by atoms with Gasteiger partial charge in [-0.25, -0.2) is 4.90 Å². The van der Waals surface area contributed by atoms with E-state index in [0.717, 1.165) is 10.5 Å². The van der Waals surface area contributed by atoms with Gasteiger partial charge in [0.1, 0.15) is 18.2 Å². The predicted molar refractivity (Wildman–Crippen MR) is 70.4 cm³/mol. The molecule has 1 aliphatic heterocycles. The van der Waals surface area contributed by atoms with Crippen molar-refractivity contribution in [3.8, 4) is 0 Å². The molecule has 6 heteroatoms. The number of morpholine rings is 1. The van der Waals surface area contributed by atoms with E-state index in [4.69, 9.17) is 22.7 Å². The number of benzene rings is 1. The Hall–Kier alpha value is -1.79. The van der Waals surface area contributed by atoms with Crippen molar-refractivity contribution in [1.29, 1.82) is 0 Å². The molecule has 0 aliphatic carbocycles. The van der Waals surface area contributed by atoms with Crippen molar-refractivity contribution in [2.45, 2.75) is 6.92 Å². The molecule has 1 aromatic rings. The maximum atomic E-state index is 11.8. The SMILES string of the molecule is Cc1ccc(C(N)=S)cc1N1C(=O)COCC1=O. The first kappa shape index (κ1) is 12.7. The Kier molecular flexibility index (Phi) is 3.40. The van der Waals surface area contributed by atoms with Crippen LogP contribution in [0.15, 0.2) is 18.2 Å². The molecule has 2 rings (SSSR count). The fourth-order valence-electron chi connectivity index (χ4n) is 1.77. The molecule has 0 unspecified atom stereocenters. The van der Waals surface area contributed by atoms with Crippen LogP contribution in [0, 0.1) is 6.92 Å². The van der Waals surface area contributed by atoms with Crippen molar-refractivity contribution in [2.75, 3.05) is 18.1 Å². The maximum Gasteiger partial charge on any atom is 0.259 e. The second kappa shape index (κ2) is 4.83. The number of hydrogen-bond donors (Lipinski definition) is 1. The van der Waals surface area contributed by atoms with Gasteiger partial charge in [-0.15, -0.1) is 0 Å². The van der Waals surface area contributed by atoms with Crippen LogP contribution in [0.25, 0.3) is 0 Å². The van der Waals surface area contributed by atoms with Crippen LogP contribution < -0.4 is 10.6 Å². The van der Waals surface area contributed by atoms with Crippen LogP contribution in [0.5, 0.6) is 0 Å². The molecule has 5 nitrogen and oxygen atoms in total. The summed E-state index contributed by atoms with van der Waals surface area (Å²) in [6.07, 6.45) is 0. The smallest absolute Gasteiger partial charge is 0.259 e. The molecular weight excluding hydrogens is 252 g/mol. The third-order valence-electron chi connectivity index (χ3n) is 2.68. The first-order valence-corrected chi connectivity index (χ1v) is 5.75. The van der Waals surface area contributed by atoms with Gasteiger partial charge >= 0.3 is 0 Å². The first-order valence-electron chi connectivity index (χ1n) is 5.34. The largest absolute Gasteiger partial charge is 0.389 e. The predicted octanol–water partition coefficient (Wildman–Crippen LogP) is 0.519. The van der Waals surface area contributed by atoms with Gasteiger partial charge < -0.3 is 10.5 Å². The zero-order valence-electron chi connectivity index (χ0n) is 9.80. The number of nitrogens with two attached hydrogens (primary N) is 1. The van der Waals surface area contributed by atoms with E-state index in [1.807, 2.05) is 6.92 Å². The second-order valence-corrected chi connectivity index (χ2v) is 4.42. The van der Waals surface area contributed by atoms with Crippen molar-refractivity contribution < 1.29 is 14.3 Å². The van der Waals surface area contributed by atoms with Gasteiger partial charge in [-0.05, 0) is 18.6 Å². The van der Waals surface area contributed by atoms with Crippen LogP contribution in [0.4, 0.5) is 5.69 Å². The lowest BCUT2D eigenvalue weighted by Gasteiger charge is -2.26. The number of amides is 2. The maximum absolute atomic E-state index is 11.8. The van der Waals surface area contributed by atoms with E-state index in [0.29, 0.717) is 11.3 Å². The van der Waals surface area contributed by atoms with Crippen molar-refractivity contribution in [1.82, 2.24) is 0 Å². The summed E-state index contributed by atoms with van der Waals surface area (Å²) in [4.78, 5) is 24.9. The van der Waals surface area contributed by atoms with Crippen LogP contribution in [0.3, 0.4) is 0 Å². The summed E-state index contributed by atoms with van der Waals surface area (Å²) in [6, 6.07) is 5.19. The number of carbonyl (C=O) groups is 2. The number of rotatable bonds is 2. The molecular formula is C12H12N2O3S. The molecule has 0 bridgehead atoms. The lowest BCUT2D eigenvalue weighted by atomic mass is 10.1. The van der Waals surface area contributed by atoms with Gasteiger partial charge in [0.05, 0.1) is 5.69 Å². The highest BCUT2D eigenvalue weighted by Crippen LogP contribution is 2.23. The lowest BCUT2D eigenvalue weighted by molar-refractivity contribution is -0.138. The normalized spacial score (nSPS) is 15.9. The van der Waals surface area contributed by atoms with E-state index >= 15 is 0 Å².